The largest absolute Gasteiger partial charge is 0.355 e. The fourth-order valence-corrected chi connectivity index (χ4v) is 8.10. The quantitative estimate of drug-likeness (QED) is 0.0499. The minimum Gasteiger partial charge on any atom is -0.355 e. The van der Waals surface area contributed by atoms with Crippen molar-refractivity contribution < 1.29 is 0 Å². The number of fused-ring (bicyclic) bond motifs is 1. The van der Waals surface area contributed by atoms with E-state index in [0.717, 1.165) is 74.5 Å². The average molecular weight is 792 g/mol. The van der Waals surface area contributed by atoms with E-state index in [4.69, 9.17) is 43.1 Å². The molecule has 0 aliphatic carbocycles. The fraction of sp³-hybridized carbons (Fsp3) is 0.870. The molecule has 2 rings (SSSR count). The van der Waals surface area contributed by atoms with Crippen LogP contribution in [0.5, 0.6) is 0 Å². The van der Waals surface area contributed by atoms with Gasteiger partial charge >= 0.3 is 0 Å². The van der Waals surface area contributed by atoms with E-state index in [1.165, 1.54) is 180 Å². The van der Waals surface area contributed by atoms with Crippen LogP contribution >= 0.6 is 23.2 Å². The van der Waals surface area contributed by atoms with E-state index in [1.807, 2.05) is 0 Å². The molecule has 0 atom stereocenters. The molecule has 2 heterocycles. The Hall–Kier alpha value is -1.40. The summed E-state index contributed by atoms with van der Waals surface area (Å²) in [6.45, 7) is 13.0. The summed E-state index contributed by atoms with van der Waals surface area (Å²) in [5, 5.41) is 0.557. The molecule has 0 saturated carbocycles. The predicted molar refractivity (Wildman–Crippen MR) is 240 cm³/mol. The maximum absolute atomic E-state index is 6.81. The third-order valence-corrected chi connectivity index (χ3v) is 11.5. The van der Waals surface area contributed by atoms with Crippen LogP contribution in [0.3, 0.4) is 0 Å². The summed E-state index contributed by atoms with van der Waals surface area (Å²) in [5.41, 5.74) is 1.51. The van der Waals surface area contributed by atoms with Crippen LogP contribution < -0.4 is 9.80 Å². The lowest BCUT2D eigenvalue weighted by atomic mass is 10.1. The van der Waals surface area contributed by atoms with Gasteiger partial charge in [-0.3, -0.25) is 0 Å². The molecule has 0 unspecified atom stereocenters. The lowest BCUT2D eigenvalue weighted by molar-refractivity contribution is 0.553. The van der Waals surface area contributed by atoms with Gasteiger partial charge in [-0.2, -0.15) is 9.97 Å². The number of hydrogen-bond donors (Lipinski definition) is 0. The maximum atomic E-state index is 6.81. The highest BCUT2D eigenvalue weighted by atomic mass is 35.5. The van der Waals surface area contributed by atoms with Gasteiger partial charge in [-0.25, -0.2) is 9.97 Å². The molecule has 0 amide bonds. The molecule has 0 aliphatic rings. The second-order valence-electron chi connectivity index (χ2n) is 16.2. The van der Waals surface area contributed by atoms with Gasteiger partial charge in [-0.15, -0.1) is 0 Å². The van der Waals surface area contributed by atoms with Gasteiger partial charge in [0.1, 0.15) is 11.0 Å². The van der Waals surface area contributed by atoms with Gasteiger partial charge in [-0.05, 0) is 48.9 Å². The highest BCUT2D eigenvalue weighted by molar-refractivity contribution is 6.30. The Bertz CT molecular complexity index is 1030. The second-order valence-corrected chi connectivity index (χ2v) is 16.9. The number of rotatable bonds is 38. The van der Waals surface area contributed by atoms with Crippen molar-refractivity contribution in [3.63, 3.8) is 0 Å². The molecular formula is C46H84Cl2N6. The number of anilines is 2. The number of unbranched alkanes of at least 4 members (excludes halogenated alkanes) is 28. The van der Waals surface area contributed by atoms with E-state index in [2.05, 4.69) is 37.5 Å². The Kier molecular flexibility index (Phi) is 30.4. The molecule has 312 valence electrons. The standard InChI is InChI=1S/C46H84Cl2N6/c1-5-9-13-17-21-25-29-33-37-53(38-34-30-26-22-18-14-10-6-2)43-41-42(50-45(47)51-43)44(52-46(48)49-41)54(39-35-31-27-23-19-15-11-7-3)40-36-32-28-24-20-16-12-8-4/h5-40H2,1-4H3. The average Bonchev–Trinajstić information content (AvgIpc) is 3.17. The van der Waals surface area contributed by atoms with Gasteiger partial charge in [0.2, 0.25) is 10.6 Å². The van der Waals surface area contributed by atoms with E-state index in [0.29, 0.717) is 0 Å². The minimum atomic E-state index is 0.278. The first kappa shape index (κ1) is 48.7. The molecule has 2 aromatic heterocycles. The van der Waals surface area contributed by atoms with Gasteiger partial charge in [0.25, 0.3) is 0 Å². The molecule has 0 saturated heterocycles. The zero-order valence-electron chi connectivity index (χ0n) is 35.9. The van der Waals surface area contributed by atoms with Crippen LogP contribution in [-0.2, 0) is 0 Å². The van der Waals surface area contributed by atoms with Crippen molar-refractivity contribution in [3.05, 3.63) is 10.6 Å². The Balaban J connectivity index is 2.26. The number of aromatic nitrogens is 4. The van der Waals surface area contributed by atoms with Crippen molar-refractivity contribution in [1.29, 1.82) is 0 Å². The van der Waals surface area contributed by atoms with Crippen LogP contribution in [0.15, 0.2) is 0 Å². The molecule has 0 fully saturated rings. The lowest BCUT2D eigenvalue weighted by Gasteiger charge is -2.27. The summed E-state index contributed by atoms with van der Waals surface area (Å²) in [7, 11) is 0. The van der Waals surface area contributed by atoms with Gasteiger partial charge in [0.05, 0.1) is 0 Å². The number of nitrogens with zero attached hydrogens (tertiary/aromatic N) is 6. The van der Waals surface area contributed by atoms with Gasteiger partial charge in [0, 0.05) is 26.2 Å². The van der Waals surface area contributed by atoms with Crippen LogP contribution in [0.4, 0.5) is 11.6 Å². The topological polar surface area (TPSA) is 58.0 Å². The van der Waals surface area contributed by atoms with Gasteiger partial charge in [0.15, 0.2) is 11.6 Å². The molecular weight excluding hydrogens is 707 g/mol. The fourth-order valence-electron chi connectivity index (χ4n) is 7.77. The normalized spacial score (nSPS) is 11.6. The van der Waals surface area contributed by atoms with Crippen LogP contribution in [-0.4, -0.2) is 46.1 Å². The summed E-state index contributed by atoms with van der Waals surface area (Å²) in [6, 6.07) is 0. The summed E-state index contributed by atoms with van der Waals surface area (Å²) < 4.78 is 0. The zero-order chi connectivity index (χ0) is 38.9. The monoisotopic (exact) mass is 791 g/mol. The molecule has 0 radical (unpaired) electrons. The first-order chi connectivity index (χ1) is 26.5. The molecule has 8 heteroatoms. The van der Waals surface area contributed by atoms with Gasteiger partial charge < -0.3 is 9.80 Å². The Morgan fingerprint density at radius 2 is 0.500 bits per heavy atom. The van der Waals surface area contributed by atoms with Crippen molar-refractivity contribution in [2.24, 2.45) is 0 Å². The van der Waals surface area contributed by atoms with Gasteiger partial charge in [-0.1, -0.05) is 207 Å². The molecule has 6 nitrogen and oxygen atoms in total. The molecule has 54 heavy (non-hydrogen) atoms. The smallest absolute Gasteiger partial charge is 0.225 e. The summed E-state index contributed by atoms with van der Waals surface area (Å²) in [5.74, 6) is 1.67. The maximum Gasteiger partial charge on any atom is 0.225 e. The number of halogens is 2. The third kappa shape index (κ3) is 22.4. The third-order valence-electron chi connectivity index (χ3n) is 11.2. The Morgan fingerprint density at radius 3 is 0.722 bits per heavy atom. The van der Waals surface area contributed by atoms with Crippen molar-refractivity contribution in [2.75, 3.05) is 36.0 Å². The molecule has 0 aliphatic heterocycles. The first-order valence-electron chi connectivity index (χ1n) is 23.5. The van der Waals surface area contributed by atoms with E-state index in [9.17, 15) is 0 Å². The molecule has 0 N–H and O–H groups in total. The summed E-state index contributed by atoms with van der Waals surface area (Å²) in [4.78, 5) is 24.4. The van der Waals surface area contributed by atoms with Crippen LogP contribution in [0.2, 0.25) is 10.6 Å². The van der Waals surface area contributed by atoms with Crippen molar-refractivity contribution >= 4 is 45.9 Å². The highest BCUT2D eigenvalue weighted by Crippen LogP contribution is 2.32. The SMILES string of the molecule is CCCCCCCCCCN(CCCCCCCCCC)c1nc(Cl)nc2c(N(CCCCCCCCCC)CCCCCCCCCC)nc(Cl)nc12. The predicted octanol–water partition coefficient (Wildman–Crippen LogP) is 15.9. The molecule has 0 bridgehead atoms. The number of hydrogen-bond acceptors (Lipinski definition) is 6. The summed E-state index contributed by atoms with van der Waals surface area (Å²) >= 11 is 13.6. The molecule has 0 spiro atoms. The second kappa shape index (κ2) is 33.7. The van der Waals surface area contributed by atoms with Crippen molar-refractivity contribution in [3.8, 4) is 0 Å². The van der Waals surface area contributed by atoms with E-state index >= 15 is 0 Å². The lowest BCUT2D eigenvalue weighted by Crippen LogP contribution is -2.29. The van der Waals surface area contributed by atoms with Crippen molar-refractivity contribution in [1.82, 2.24) is 19.9 Å². The zero-order valence-corrected chi connectivity index (χ0v) is 37.4. The summed E-state index contributed by atoms with van der Waals surface area (Å²) in [6.07, 6.45) is 41.6. The molecule has 2 aromatic rings. The highest BCUT2D eigenvalue weighted by Gasteiger charge is 2.22. The molecule has 0 aromatic carbocycles. The van der Waals surface area contributed by atoms with E-state index < -0.39 is 0 Å². The van der Waals surface area contributed by atoms with Crippen LogP contribution in [0, 0.1) is 0 Å². The Labute approximate surface area is 344 Å². The minimum absolute atomic E-state index is 0.278. The van der Waals surface area contributed by atoms with Crippen molar-refractivity contribution in [2.45, 2.75) is 233 Å². The van der Waals surface area contributed by atoms with E-state index in [1.54, 1.807) is 0 Å². The first-order valence-corrected chi connectivity index (χ1v) is 24.2. The van der Waals surface area contributed by atoms with Crippen LogP contribution in [0.1, 0.15) is 233 Å². The van der Waals surface area contributed by atoms with E-state index in [-0.39, 0.29) is 10.6 Å². The Morgan fingerprint density at radius 1 is 0.296 bits per heavy atom. The van der Waals surface area contributed by atoms with Crippen LogP contribution in [0.25, 0.3) is 11.0 Å².